The largest absolute Gasteiger partial charge is 0.312 e. The Balaban J connectivity index is 2.03. The summed E-state index contributed by atoms with van der Waals surface area (Å²) in [4.78, 5) is 3.83. The molecule has 0 radical (unpaired) electrons. The van der Waals surface area contributed by atoms with Crippen LogP contribution >= 0.6 is 11.3 Å². The molecule has 3 heteroatoms. The summed E-state index contributed by atoms with van der Waals surface area (Å²) in [6, 6.07) is 4.32. The van der Waals surface area contributed by atoms with Gasteiger partial charge in [-0.15, -0.1) is 17.9 Å². The summed E-state index contributed by atoms with van der Waals surface area (Å²) in [7, 11) is 2.17. The number of rotatable bonds is 8. The van der Waals surface area contributed by atoms with Crippen molar-refractivity contribution in [3.05, 3.63) is 35.0 Å². The molecule has 1 aromatic heterocycles. The highest BCUT2D eigenvalue weighted by atomic mass is 32.1. The maximum Gasteiger partial charge on any atom is 0.0132 e. The topological polar surface area (TPSA) is 15.3 Å². The average molecular weight is 224 g/mol. The van der Waals surface area contributed by atoms with Crippen LogP contribution in [0.1, 0.15) is 4.88 Å². The number of hydrogen-bond donors (Lipinski definition) is 1. The molecular formula is C12H20N2S. The number of nitrogens with zero attached hydrogens (tertiary/aromatic N) is 1. The highest BCUT2D eigenvalue weighted by Crippen LogP contribution is 2.09. The monoisotopic (exact) mass is 224 g/mol. The molecule has 2 nitrogen and oxygen atoms in total. The van der Waals surface area contributed by atoms with Crippen molar-refractivity contribution in [3.8, 4) is 0 Å². The van der Waals surface area contributed by atoms with Crippen LogP contribution in [0.4, 0.5) is 0 Å². The van der Waals surface area contributed by atoms with Crippen molar-refractivity contribution in [1.82, 2.24) is 10.2 Å². The fourth-order valence-electron chi connectivity index (χ4n) is 1.34. The van der Waals surface area contributed by atoms with Gasteiger partial charge in [0.2, 0.25) is 0 Å². The van der Waals surface area contributed by atoms with Crippen LogP contribution in [0.25, 0.3) is 0 Å². The Bertz CT molecular complexity index is 257. The molecule has 0 unspecified atom stereocenters. The summed E-state index contributed by atoms with van der Waals surface area (Å²) < 4.78 is 0. The molecule has 0 aliphatic rings. The fraction of sp³-hybridized carbons (Fsp3) is 0.500. The zero-order chi connectivity index (χ0) is 10.9. The Morgan fingerprint density at radius 2 is 2.40 bits per heavy atom. The quantitative estimate of drug-likeness (QED) is 0.537. The van der Waals surface area contributed by atoms with E-state index in [1.165, 1.54) is 4.88 Å². The molecule has 0 aromatic carbocycles. The Hall–Kier alpha value is -0.640. The van der Waals surface area contributed by atoms with Crippen LogP contribution in [-0.4, -0.2) is 38.1 Å². The molecule has 0 aliphatic heterocycles. The number of thiophene rings is 1. The van der Waals surface area contributed by atoms with Gasteiger partial charge >= 0.3 is 0 Å². The van der Waals surface area contributed by atoms with Crippen LogP contribution < -0.4 is 5.32 Å². The third kappa shape index (κ3) is 5.72. The van der Waals surface area contributed by atoms with E-state index in [1.807, 2.05) is 17.4 Å². The molecule has 0 spiro atoms. The number of likely N-dealkylation sites (N-methyl/N-ethyl adjacent to an activating group) is 1. The third-order valence-corrected chi connectivity index (χ3v) is 3.22. The third-order valence-electron chi connectivity index (χ3n) is 2.28. The Morgan fingerprint density at radius 1 is 1.53 bits per heavy atom. The Morgan fingerprint density at radius 3 is 3.07 bits per heavy atom. The zero-order valence-corrected chi connectivity index (χ0v) is 10.2. The molecule has 1 N–H and O–H groups in total. The van der Waals surface area contributed by atoms with Gasteiger partial charge in [0.15, 0.2) is 0 Å². The van der Waals surface area contributed by atoms with E-state index in [2.05, 4.69) is 41.4 Å². The second-order valence-corrected chi connectivity index (χ2v) is 4.66. The first kappa shape index (κ1) is 12.4. The molecule has 0 saturated heterocycles. The van der Waals surface area contributed by atoms with E-state index < -0.39 is 0 Å². The molecular weight excluding hydrogens is 204 g/mol. The predicted octanol–water partition coefficient (Wildman–Crippen LogP) is 2.00. The first-order valence-electron chi connectivity index (χ1n) is 5.35. The van der Waals surface area contributed by atoms with Gasteiger partial charge in [0.1, 0.15) is 0 Å². The second-order valence-electron chi connectivity index (χ2n) is 3.63. The number of hydrogen-bond acceptors (Lipinski definition) is 3. The van der Waals surface area contributed by atoms with Gasteiger partial charge in [-0.05, 0) is 24.9 Å². The number of nitrogens with one attached hydrogen (secondary N) is 1. The lowest BCUT2D eigenvalue weighted by atomic mass is 10.3. The van der Waals surface area contributed by atoms with Gasteiger partial charge in [0, 0.05) is 31.1 Å². The minimum atomic E-state index is 0.902. The normalized spacial score (nSPS) is 10.8. The highest BCUT2D eigenvalue weighted by Gasteiger charge is 1.99. The van der Waals surface area contributed by atoms with E-state index in [0.717, 1.165) is 32.6 Å². The fourth-order valence-corrected chi connectivity index (χ4v) is 2.04. The molecule has 1 heterocycles. The molecule has 0 saturated carbocycles. The van der Waals surface area contributed by atoms with Crippen LogP contribution in [0.15, 0.2) is 30.2 Å². The van der Waals surface area contributed by atoms with Gasteiger partial charge in [-0.25, -0.2) is 0 Å². The van der Waals surface area contributed by atoms with E-state index >= 15 is 0 Å². The van der Waals surface area contributed by atoms with E-state index in [9.17, 15) is 0 Å². The van der Waals surface area contributed by atoms with Gasteiger partial charge < -0.3 is 10.2 Å². The maximum absolute atomic E-state index is 3.67. The first-order chi connectivity index (χ1) is 7.33. The van der Waals surface area contributed by atoms with E-state index in [-0.39, 0.29) is 0 Å². The van der Waals surface area contributed by atoms with Crippen molar-refractivity contribution in [2.75, 3.05) is 33.2 Å². The molecule has 0 bridgehead atoms. The van der Waals surface area contributed by atoms with Crippen molar-refractivity contribution in [2.45, 2.75) is 6.42 Å². The summed E-state index contributed by atoms with van der Waals surface area (Å²) in [5, 5.41) is 5.44. The van der Waals surface area contributed by atoms with Gasteiger partial charge in [-0.3, -0.25) is 0 Å². The smallest absolute Gasteiger partial charge is 0.0132 e. The zero-order valence-electron chi connectivity index (χ0n) is 9.41. The highest BCUT2D eigenvalue weighted by molar-refractivity contribution is 7.09. The SMILES string of the molecule is C=CCNCCN(C)CCc1cccs1. The van der Waals surface area contributed by atoms with Gasteiger partial charge in [0.05, 0.1) is 0 Å². The summed E-state index contributed by atoms with van der Waals surface area (Å²) in [6.07, 6.45) is 3.06. The summed E-state index contributed by atoms with van der Waals surface area (Å²) >= 11 is 1.84. The van der Waals surface area contributed by atoms with E-state index in [0.29, 0.717) is 0 Å². The van der Waals surface area contributed by atoms with Crippen molar-refractivity contribution in [1.29, 1.82) is 0 Å². The molecule has 84 valence electrons. The van der Waals surface area contributed by atoms with Crippen LogP contribution in [0.3, 0.4) is 0 Å². The molecule has 0 atom stereocenters. The lowest BCUT2D eigenvalue weighted by Crippen LogP contribution is -2.30. The summed E-state index contributed by atoms with van der Waals surface area (Å²) in [5.41, 5.74) is 0. The van der Waals surface area contributed by atoms with E-state index in [1.54, 1.807) is 0 Å². The first-order valence-corrected chi connectivity index (χ1v) is 6.23. The molecule has 0 amide bonds. The van der Waals surface area contributed by atoms with Crippen molar-refractivity contribution in [2.24, 2.45) is 0 Å². The molecule has 0 aliphatic carbocycles. The van der Waals surface area contributed by atoms with Crippen molar-refractivity contribution < 1.29 is 0 Å². The maximum atomic E-state index is 3.67. The lowest BCUT2D eigenvalue weighted by Gasteiger charge is -2.15. The molecule has 15 heavy (non-hydrogen) atoms. The van der Waals surface area contributed by atoms with Crippen LogP contribution in [0.2, 0.25) is 0 Å². The van der Waals surface area contributed by atoms with Crippen molar-refractivity contribution >= 4 is 11.3 Å². The molecule has 1 rings (SSSR count). The van der Waals surface area contributed by atoms with Crippen LogP contribution in [-0.2, 0) is 6.42 Å². The van der Waals surface area contributed by atoms with Gasteiger partial charge in [-0.2, -0.15) is 0 Å². The standard InChI is InChI=1S/C12H20N2S/c1-3-7-13-8-10-14(2)9-6-12-5-4-11-15-12/h3-5,11,13H,1,6-10H2,2H3. The minimum absolute atomic E-state index is 0.902. The van der Waals surface area contributed by atoms with Crippen LogP contribution in [0, 0.1) is 0 Å². The van der Waals surface area contributed by atoms with Crippen LogP contribution in [0.5, 0.6) is 0 Å². The predicted molar refractivity (Wildman–Crippen MR) is 68.6 cm³/mol. The molecule has 1 aromatic rings. The van der Waals surface area contributed by atoms with E-state index in [4.69, 9.17) is 0 Å². The van der Waals surface area contributed by atoms with Gasteiger partial charge in [-0.1, -0.05) is 12.1 Å². The second kappa shape index (κ2) is 7.63. The Labute approximate surface area is 96.6 Å². The molecule has 0 fully saturated rings. The minimum Gasteiger partial charge on any atom is -0.312 e. The lowest BCUT2D eigenvalue weighted by molar-refractivity contribution is 0.338. The van der Waals surface area contributed by atoms with Gasteiger partial charge in [0.25, 0.3) is 0 Å². The summed E-state index contributed by atoms with van der Waals surface area (Å²) in [6.45, 7) is 7.84. The Kier molecular flexibility index (Phi) is 6.32. The average Bonchev–Trinajstić information content (AvgIpc) is 2.74. The van der Waals surface area contributed by atoms with Crippen molar-refractivity contribution in [3.63, 3.8) is 0 Å². The summed E-state index contributed by atoms with van der Waals surface area (Å²) in [5.74, 6) is 0.